The second kappa shape index (κ2) is 4.72. The second-order valence-corrected chi connectivity index (χ2v) is 4.48. The molecule has 0 fully saturated rings. The number of hydrogen-bond acceptors (Lipinski definition) is 2. The van der Waals surface area contributed by atoms with Crippen LogP contribution in [0.15, 0.2) is 24.4 Å². The lowest BCUT2D eigenvalue weighted by molar-refractivity contribution is 0.620. The Morgan fingerprint density at radius 3 is 2.59 bits per heavy atom. The lowest BCUT2D eigenvalue weighted by Gasteiger charge is -2.03. The minimum atomic E-state index is 0.619. The van der Waals surface area contributed by atoms with Gasteiger partial charge >= 0.3 is 0 Å². The smallest absolute Gasteiger partial charge is 0.0672 e. The first-order valence-electron chi connectivity index (χ1n) is 5.93. The summed E-state index contributed by atoms with van der Waals surface area (Å²) in [5.41, 5.74) is 11.7. The third-order valence-electron chi connectivity index (χ3n) is 3.12. The van der Waals surface area contributed by atoms with Crippen LogP contribution in [0, 0.1) is 20.8 Å². The molecule has 0 saturated carbocycles. The number of aromatic nitrogens is 2. The molecule has 0 radical (unpaired) electrons. The van der Waals surface area contributed by atoms with Crippen LogP contribution in [0.5, 0.6) is 0 Å². The fraction of sp³-hybridized carbons (Fsp3) is 0.357. The average molecular weight is 229 g/mol. The average Bonchev–Trinajstić information content (AvgIpc) is 2.64. The van der Waals surface area contributed by atoms with E-state index in [1.807, 2.05) is 11.6 Å². The highest BCUT2D eigenvalue weighted by Crippen LogP contribution is 2.24. The molecule has 0 amide bonds. The molecule has 2 aromatic rings. The maximum Gasteiger partial charge on any atom is 0.0672 e. The maximum atomic E-state index is 5.54. The normalized spacial score (nSPS) is 10.8. The lowest BCUT2D eigenvalue weighted by Crippen LogP contribution is -2.10. The Bertz CT molecular complexity index is 526. The first kappa shape index (κ1) is 11.9. The minimum absolute atomic E-state index is 0.619. The molecule has 2 N–H and O–H groups in total. The Kier molecular flexibility index (Phi) is 3.29. The fourth-order valence-corrected chi connectivity index (χ4v) is 1.96. The van der Waals surface area contributed by atoms with Crippen molar-refractivity contribution in [2.45, 2.75) is 27.3 Å². The summed E-state index contributed by atoms with van der Waals surface area (Å²) >= 11 is 0. The van der Waals surface area contributed by atoms with Gasteiger partial charge in [-0.2, -0.15) is 5.10 Å². The van der Waals surface area contributed by atoms with E-state index in [2.05, 4.69) is 43.3 Å². The highest BCUT2D eigenvalue weighted by Gasteiger charge is 2.07. The van der Waals surface area contributed by atoms with Gasteiger partial charge in [-0.05, 0) is 37.5 Å². The molecular weight excluding hydrogens is 210 g/mol. The van der Waals surface area contributed by atoms with Crippen LogP contribution in [0.3, 0.4) is 0 Å². The highest BCUT2D eigenvalue weighted by molar-refractivity contribution is 5.66. The first-order valence-corrected chi connectivity index (χ1v) is 5.93. The van der Waals surface area contributed by atoms with E-state index in [4.69, 9.17) is 5.73 Å². The summed E-state index contributed by atoms with van der Waals surface area (Å²) in [5, 5.41) is 4.47. The lowest BCUT2D eigenvalue weighted by atomic mass is 10.0. The number of nitrogens with two attached hydrogens (primary N) is 1. The van der Waals surface area contributed by atoms with Gasteiger partial charge in [0.25, 0.3) is 0 Å². The van der Waals surface area contributed by atoms with Crippen LogP contribution in [0.25, 0.3) is 11.1 Å². The first-order chi connectivity index (χ1) is 8.11. The van der Waals surface area contributed by atoms with E-state index < -0.39 is 0 Å². The van der Waals surface area contributed by atoms with Crippen LogP contribution in [0.1, 0.15) is 16.8 Å². The maximum absolute atomic E-state index is 5.54. The summed E-state index contributed by atoms with van der Waals surface area (Å²) in [4.78, 5) is 0. The molecule has 1 aromatic carbocycles. The molecule has 0 bridgehead atoms. The molecule has 0 spiro atoms. The summed E-state index contributed by atoms with van der Waals surface area (Å²) in [6, 6.07) is 6.52. The van der Waals surface area contributed by atoms with Gasteiger partial charge in [-0.15, -0.1) is 0 Å². The van der Waals surface area contributed by atoms with Crippen molar-refractivity contribution in [3.63, 3.8) is 0 Å². The van der Waals surface area contributed by atoms with Gasteiger partial charge in [-0.3, -0.25) is 4.68 Å². The molecule has 0 atom stereocenters. The van der Waals surface area contributed by atoms with Crippen LogP contribution in [-0.2, 0) is 6.54 Å². The zero-order chi connectivity index (χ0) is 12.4. The molecule has 2 rings (SSSR count). The quantitative estimate of drug-likeness (QED) is 0.878. The Labute approximate surface area is 102 Å². The van der Waals surface area contributed by atoms with Crippen molar-refractivity contribution in [3.8, 4) is 11.1 Å². The van der Waals surface area contributed by atoms with Gasteiger partial charge in [0, 0.05) is 18.3 Å². The molecule has 3 nitrogen and oxygen atoms in total. The molecule has 3 heteroatoms. The van der Waals surface area contributed by atoms with Crippen LogP contribution in [0.2, 0.25) is 0 Å². The van der Waals surface area contributed by atoms with Crippen molar-refractivity contribution in [2.75, 3.05) is 6.54 Å². The second-order valence-electron chi connectivity index (χ2n) is 4.48. The van der Waals surface area contributed by atoms with Crippen LogP contribution >= 0.6 is 0 Å². The van der Waals surface area contributed by atoms with E-state index in [1.165, 1.54) is 22.3 Å². The van der Waals surface area contributed by atoms with E-state index in [-0.39, 0.29) is 0 Å². The van der Waals surface area contributed by atoms with Gasteiger partial charge in [-0.25, -0.2) is 0 Å². The zero-order valence-corrected chi connectivity index (χ0v) is 10.7. The Morgan fingerprint density at radius 1 is 1.18 bits per heavy atom. The van der Waals surface area contributed by atoms with Crippen molar-refractivity contribution in [1.82, 2.24) is 9.78 Å². The third kappa shape index (κ3) is 2.39. The van der Waals surface area contributed by atoms with E-state index in [0.29, 0.717) is 6.54 Å². The van der Waals surface area contributed by atoms with Crippen LogP contribution in [-0.4, -0.2) is 16.3 Å². The van der Waals surface area contributed by atoms with Gasteiger partial charge < -0.3 is 5.73 Å². The number of aryl methyl sites for hydroxylation is 3. The summed E-state index contributed by atoms with van der Waals surface area (Å²) in [6.07, 6.45) is 2.08. The van der Waals surface area contributed by atoms with Gasteiger partial charge in [0.1, 0.15) is 0 Å². The molecule has 90 valence electrons. The summed E-state index contributed by atoms with van der Waals surface area (Å²) in [6.45, 7) is 7.69. The van der Waals surface area contributed by atoms with E-state index in [9.17, 15) is 0 Å². The van der Waals surface area contributed by atoms with Gasteiger partial charge in [0.05, 0.1) is 12.2 Å². The summed E-state index contributed by atoms with van der Waals surface area (Å²) < 4.78 is 1.92. The Morgan fingerprint density at radius 2 is 1.94 bits per heavy atom. The highest BCUT2D eigenvalue weighted by atomic mass is 15.3. The summed E-state index contributed by atoms with van der Waals surface area (Å²) in [5.74, 6) is 0. The molecule has 0 saturated heterocycles. The molecule has 0 aliphatic rings. The van der Waals surface area contributed by atoms with E-state index >= 15 is 0 Å². The predicted molar refractivity (Wildman–Crippen MR) is 70.9 cm³/mol. The largest absolute Gasteiger partial charge is 0.329 e. The summed E-state index contributed by atoms with van der Waals surface area (Å²) in [7, 11) is 0. The number of rotatable bonds is 3. The van der Waals surface area contributed by atoms with Crippen molar-refractivity contribution in [3.05, 3.63) is 41.2 Å². The fourth-order valence-electron chi connectivity index (χ4n) is 1.96. The van der Waals surface area contributed by atoms with Gasteiger partial charge in [-0.1, -0.05) is 18.2 Å². The van der Waals surface area contributed by atoms with E-state index in [1.54, 1.807) is 0 Å². The topological polar surface area (TPSA) is 43.8 Å². The Hall–Kier alpha value is -1.61. The SMILES string of the molecule is Cc1ccc(-c2cn(CCN)nc2C)cc1C. The number of benzene rings is 1. The molecule has 0 unspecified atom stereocenters. The predicted octanol–water partition coefficient (Wildman–Crippen LogP) is 2.43. The van der Waals surface area contributed by atoms with Crippen molar-refractivity contribution < 1.29 is 0 Å². The standard InChI is InChI=1S/C14H19N3/c1-10-4-5-13(8-11(10)2)14-9-17(7-6-15)16-12(14)3/h4-5,8-9H,6-7,15H2,1-3H3. The van der Waals surface area contributed by atoms with Crippen LogP contribution < -0.4 is 5.73 Å². The molecular formula is C14H19N3. The van der Waals surface area contributed by atoms with Gasteiger partial charge in [0.2, 0.25) is 0 Å². The third-order valence-corrected chi connectivity index (χ3v) is 3.12. The van der Waals surface area contributed by atoms with Crippen molar-refractivity contribution in [1.29, 1.82) is 0 Å². The van der Waals surface area contributed by atoms with Crippen molar-refractivity contribution in [2.24, 2.45) is 5.73 Å². The zero-order valence-electron chi connectivity index (χ0n) is 10.7. The van der Waals surface area contributed by atoms with Gasteiger partial charge in [0.15, 0.2) is 0 Å². The number of nitrogens with zero attached hydrogens (tertiary/aromatic N) is 2. The Balaban J connectivity index is 2.41. The van der Waals surface area contributed by atoms with Crippen LogP contribution in [0.4, 0.5) is 0 Å². The van der Waals surface area contributed by atoms with Crippen molar-refractivity contribution >= 4 is 0 Å². The monoisotopic (exact) mass is 229 g/mol. The molecule has 1 heterocycles. The molecule has 1 aromatic heterocycles. The molecule has 0 aliphatic heterocycles. The van der Waals surface area contributed by atoms with E-state index in [0.717, 1.165) is 12.2 Å². The minimum Gasteiger partial charge on any atom is -0.329 e. The molecule has 0 aliphatic carbocycles. The molecule has 17 heavy (non-hydrogen) atoms. The number of hydrogen-bond donors (Lipinski definition) is 1.